The highest BCUT2D eigenvalue weighted by atomic mass is 15.1. The Morgan fingerprint density at radius 3 is 2.60 bits per heavy atom. The molecule has 0 amide bonds. The van der Waals surface area contributed by atoms with Crippen molar-refractivity contribution in [3.63, 3.8) is 0 Å². The lowest BCUT2D eigenvalue weighted by atomic mass is 9.70. The second-order valence-electron chi connectivity index (χ2n) is 6.79. The summed E-state index contributed by atoms with van der Waals surface area (Å²) in [5.74, 6) is 0.982. The van der Waals surface area contributed by atoms with Gasteiger partial charge in [-0.05, 0) is 48.9 Å². The Hall–Kier alpha value is -1.24. The van der Waals surface area contributed by atoms with E-state index in [9.17, 15) is 0 Å². The van der Waals surface area contributed by atoms with Crippen LogP contribution in [-0.4, -0.2) is 18.0 Å². The Labute approximate surface area is 123 Å². The van der Waals surface area contributed by atoms with E-state index < -0.39 is 0 Å². The Bertz CT molecular complexity index is 472. The summed E-state index contributed by atoms with van der Waals surface area (Å²) in [4.78, 5) is 2.59. The quantitative estimate of drug-likeness (QED) is 0.746. The molecule has 1 saturated carbocycles. The molecule has 1 nitrogen and oxygen atoms in total. The van der Waals surface area contributed by atoms with Gasteiger partial charge in [0.25, 0.3) is 0 Å². The molecule has 3 rings (SSSR count). The van der Waals surface area contributed by atoms with Gasteiger partial charge in [0, 0.05) is 18.5 Å². The molecule has 0 spiro atoms. The molecule has 20 heavy (non-hydrogen) atoms. The summed E-state index contributed by atoms with van der Waals surface area (Å²) in [6.45, 7) is 7.25. The number of rotatable bonds is 5. The predicted molar refractivity (Wildman–Crippen MR) is 85.7 cm³/mol. The first-order chi connectivity index (χ1) is 9.72. The van der Waals surface area contributed by atoms with Crippen LogP contribution in [0.4, 0.5) is 0 Å². The normalized spacial score (nSPS) is 26.5. The average molecular weight is 269 g/mol. The third-order valence-electron chi connectivity index (χ3n) is 5.07. The van der Waals surface area contributed by atoms with Gasteiger partial charge in [0.15, 0.2) is 0 Å². The molecule has 2 aliphatic rings. The SMILES string of the molecule is CCCC1=CN(CC2CC2)CCC1(C)c1ccccc1. The molecule has 1 atom stereocenters. The van der Waals surface area contributed by atoms with Crippen LogP contribution in [0.1, 0.15) is 51.5 Å². The topological polar surface area (TPSA) is 3.24 Å². The van der Waals surface area contributed by atoms with Crippen LogP contribution in [0.3, 0.4) is 0 Å². The first-order valence-electron chi connectivity index (χ1n) is 8.23. The summed E-state index contributed by atoms with van der Waals surface area (Å²) in [5, 5.41) is 0. The zero-order valence-electron chi connectivity index (χ0n) is 12.9. The molecule has 0 saturated heterocycles. The summed E-state index contributed by atoms with van der Waals surface area (Å²) < 4.78 is 0. The highest BCUT2D eigenvalue weighted by Crippen LogP contribution is 2.41. The molecule has 1 aliphatic carbocycles. The van der Waals surface area contributed by atoms with E-state index in [1.807, 2.05) is 0 Å². The second kappa shape index (κ2) is 5.63. The van der Waals surface area contributed by atoms with Gasteiger partial charge in [-0.15, -0.1) is 0 Å². The van der Waals surface area contributed by atoms with Crippen molar-refractivity contribution < 1.29 is 0 Å². The van der Waals surface area contributed by atoms with Gasteiger partial charge in [0.1, 0.15) is 0 Å². The van der Waals surface area contributed by atoms with E-state index in [0.29, 0.717) is 0 Å². The van der Waals surface area contributed by atoms with Gasteiger partial charge >= 0.3 is 0 Å². The lowest BCUT2D eigenvalue weighted by Gasteiger charge is -2.41. The van der Waals surface area contributed by atoms with Crippen molar-refractivity contribution in [1.29, 1.82) is 0 Å². The van der Waals surface area contributed by atoms with E-state index in [1.54, 1.807) is 5.57 Å². The van der Waals surface area contributed by atoms with Crippen LogP contribution in [0.25, 0.3) is 0 Å². The predicted octanol–water partition coefficient (Wildman–Crippen LogP) is 4.74. The highest BCUT2D eigenvalue weighted by molar-refractivity contribution is 5.36. The fourth-order valence-corrected chi connectivity index (χ4v) is 3.48. The van der Waals surface area contributed by atoms with Crippen LogP contribution in [0, 0.1) is 5.92 Å². The van der Waals surface area contributed by atoms with E-state index in [4.69, 9.17) is 0 Å². The van der Waals surface area contributed by atoms with Gasteiger partial charge in [0.2, 0.25) is 0 Å². The van der Waals surface area contributed by atoms with Gasteiger partial charge < -0.3 is 4.90 Å². The number of hydrogen-bond donors (Lipinski definition) is 0. The van der Waals surface area contributed by atoms with Crippen molar-refractivity contribution in [3.8, 4) is 0 Å². The molecule has 0 radical (unpaired) electrons. The molecule has 0 aromatic heterocycles. The smallest absolute Gasteiger partial charge is 0.0200 e. The van der Waals surface area contributed by atoms with Gasteiger partial charge in [0.05, 0.1) is 0 Å². The van der Waals surface area contributed by atoms with E-state index in [1.165, 1.54) is 50.8 Å². The molecule has 1 heterocycles. The van der Waals surface area contributed by atoms with Crippen molar-refractivity contribution >= 4 is 0 Å². The standard InChI is InChI=1S/C19H27N/c1-3-7-18-15-20(14-16-10-11-16)13-12-19(18,2)17-8-5-4-6-9-17/h4-6,8-9,15-16H,3,7,10-14H2,1-2H3. The summed E-state index contributed by atoms with van der Waals surface area (Å²) >= 11 is 0. The van der Waals surface area contributed by atoms with Crippen LogP contribution >= 0.6 is 0 Å². The summed E-state index contributed by atoms with van der Waals surface area (Å²) in [5.41, 5.74) is 3.38. The highest BCUT2D eigenvalue weighted by Gasteiger charge is 2.35. The third-order valence-corrected chi connectivity index (χ3v) is 5.07. The molecule has 0 bridgehead atoms. The Kier molecular flexibility index (Phi) is 3.87. The van der Waals surface area contributed by atoms with Gasteiger partial charge in [-0.2, -0.15) is 0 Å². The molecule has 1 aliphatic heterocycles. The largest absolute Gasteiger partial charge is 0.377 e. The third kappa shape index (κ3) is 2.77. The molecule has 1 aromatic carbocycles. The molecule has 0 N–H and O–H groups in total. The Morgan fingerprint density at radius 2 is 1.95 bits per heavy atom. The van der Waals surface area contributed by atoms with Crippen LogP contribution in [-0.2, 0) is 5.41 Å². The summed E-state index contributed by atoms with van der Waals surface area (Å²) in [6.07, 6.45) is 9.12. The average Bonchev–Trinajstić information content (AvgIpc) is 3.28. The van der Waals surface area contributed by atoms with E-state index in [-0.39, 0.29) is 5.41 Å². The van der Waals surface area contributed by atoms with Gasteiger partial charge in [-0.1, -0.05) is 50.6 Å². The second-order valence-corrected chi connectivity index (χ2v) is 6.79. The first kappa shape index (κ1) is 13.7. The maximum atomic E-state index is 2.59. The maximum Gasteiger partial charge on any atom is 0.0200 e. The van der Waals surface area contributed by atoms with Crippen LogP contribution in [0.2, 0.25) is 0 Å². The maximum absolute atomic E-state index is 2.59. The zero-order valence-corrected chi connectivity index (χ0v) is 12.9. The molecular weight excluding hydrogens is 242 g/mol. The minimum absolute atomic E-state index is 0.247. The molecule has 1 unspecified atom stereocenters. The number of allylic oxidation sites excluding steroid dienone is 1. The minimum Gasteiger partial charge on any atom is -0.377 e. The Balaban J connectivity index is 1.86. The van der Waals surface area contributed by atoms with Gasteiger partial charge in [-0.3, -0.25) is 0 Å². The zero-order chi connectivity index (χ0) is 14.0. The molecule has 1 fully saturated rings. The number of benzene rings is 1. The summed E-state index contributed by atoms with van der Waals surface area (Å²) in [7, 11) is 0. The van der Waals surface area contributed by atoms with Crippen molar-refractivity contribution in [1.82, 2.24) is 4.90 Å². The van der Waals surface area contributed by atoms with Gasteiger partial charge in [-0.25, -0.2) is 0 Å². The van der Waals surface area contributed by atoms with Crippen molar-refractivity contribution in [2.75, 3.05) is 13.1 Å². The monoisotopic (exact) mass is 269 g/mol. The molecule has 108 valence electrons. The Morgan fingerprint density at radius 1 is 1.20 bits per heavy atom. The molecule has 1 aromatic rings. The van der Waals surface area contributed by atoms with Crippen LogP contribution in [0.15, 0.2) is 42.1 Å². The number of nitrogens with zero attached hydrogens (tertiary/aromatic N) is 1. The fraction of sp³-hybridized carbons (Fsp3) is 0.579. The minimum atomic E-state index is 0.247. The van der Waals surface area contributed by atoms with E-state index in [2.05, 4.69) is 55.3 Å². The summed E-state index contributed by atoms with van der Waals surface area (Å²) in [6, 6.07) is 11.1. The molecule has 1 heteroatoms. The van der Waals surface area contributed by atoms with Crippen molar-refractivity contribution in [2.45, 2.75) is 51.4 Å². The fourth-order valence-electron chi connectivity index (χ4n) is 3.48. The lowest BCUT2D eigenvalue weighted by Crippen LogP contribution is -2.37. The van der Waals surface area contributed by atoms with E-state index >= 15 is 0 Å². The number of hydrogen-bond acceptors (Lipinski definition) is 1. The van der Waals surface area contributed by atoms with Crippen molar-refractivity contribution in [2.24, 2.45) is 5.92 Å². The van der Waals surface area contributed by atoms with E-state index in [0.717, 1.165) is 5.92 Å². The molecular formula is C19H27N. The first-order valence-corrected chi connectivity index (χ1v) is 8.23. The van der Waals surface area contributed by atoms with Crippen LogP contribution < -0.4 is 0 Å². The lowest BCUT2D eigenvalue weighted by molar-refractivity contribution is 0.283. The van der Waals surface area contributed by atoms with Crippen LogP contribution in [0.5, 0.6) is 0 Å². The van der Waals surface area contributed by atoms with Crippen molar-refractivity contribution in [3.05, 3.63) is 47.7 Å².